The number of rotatable bonds is 4. The fraction of sp³-hybridized carbons (Fsp3) is 0.0769. The molecule has 0 aliphatic rings. The second kappa shape index (κ2) is 5.72. The molecule has 0 radical (unpaired) electrons. The molecule has 0 saturated heterocycles. The second-order valence-electron chi connectivity index (χ2n) is 3.76. The van der Waals surface area contributed by atoms with E-state index in [4.69, 9.17) is 4.42 Å². The molecule has 0 bridgehead atoms. The van der Waals surface area contributed by atoms with E-state index in [-0.39, 0.29) is 12.3 Å². The summed E-state index contributed by atoms with van der Waals surface area (Å²) in [6.45, 7) is -0.196. The van der Waals surface area contributed by atoms with E-state index in [1.807, 2.05) is 0 Å². The maximum absolute atomic E-state index is 11.6. The lowest BCUT2D eigenvalue weighted by molar-refractivity contribution is -0.115. The normalized spacial score (nSPS) is 9.89. The molecular formula is C13H12N2O4. The Kier molecular flexibility index (Phi) is 3.82. The fourth-order valence-electron chi connectivity index (χ4n) is 1.43. The molecule has 0 atom stereocenters. The molecular weight excluding hydrogens is 248 g/mol. The zero-order valence-corrected chi connectivity index (χ0v) is 9.92. The minimum atomic E-state index is -0.432. The molecule has 2 amide bonds. The Bertz CT molecular complexity index is 578. The molecule has 0 saturated carbocycles. The monoisotopic (exact) mass is 260 g/mol. The zero-order valence-electron chi connectivity index (χ0n) is 9.92. The van der Waals surface area contributed by atoms with Crippen LogP contribution >= 0.6 is 0 Å². The quantitative estimate of drug-likeness (QED) is 0.724. The van der Waals surface area contributed by atoms with Crippen LogP contribution in [0.2, 0.25) is 0 Å². The van der Waals surface area contributed by atoms with Crippen molar-refractivity contribution < 1.29 is 19.1 Å². The van der Waals surface area contributed by atoms with Gasteiger partial charge in [0.1, 0.15) is 12.0 Å². The molecule has 2 aromatic rings. The van der Waals surface area contributed by atoms with Gasteiger partial charge in [-0.1, -0.05) is 12.1 Å². The Morgan fingerprint density at radius 1 is 1.21 bits per heavy atom. The molecule has 0 fully saturated rings. The standard InChI is InChI=1S/C13H12N2O4/c16-11-4-2-1-3-10(11)15-12(17)7-14-13(18)9-5-6-19-8-9/h1-6,8,16H,7H2,(H,14,18)(H,15,17). The van der Waals surface area contributed by atoms with Crippen LogP contribution in [0.15, 0.2) is 47.3 Å². The van der Waals surface area contributed by atoms with Crippen LogP contribution in [0.3, 0.4) is 0 Å². The van der Waals surface area contributed by atoms with Crippen molar-refractivity contribution in [3.8, 4) is 5.75 Å². The second-order valence-corrected chi connectivity index (χ2v) is 3.76. The van der Waals surface area contributed by atoms with Crippen LogP contribution in [-0.2, 0) is 4.79 Å². The van der Waals surface area contributed by atoms with Crippen molar-refractivity contribution in [2.45, 2.75) is 0 Å². The largest absolute Gasteiger partial charge is 0.506 e. The van der Waals surface area contributed by atoms with Gasteiger partial charge in [-0.3, -0.25) is 9.59 Å². The average Bonchev–Trinajstić information content (AvgIpc) is 2.93. The number of carbonyl (C=O) groups is 2. The number of phenols is 1. The van der Waals surface area contributed by atoms with Gasteiger partial charge in [-0.25, -0.2) is 0 Å². The number of benzene rings is 1. The van der Waals surface area contributed by atoms with E-state index in [1.54, 1.807) is 18.2 Å². The van der Waals surface area contributed by atoms with Crippen LogP contribution in [0.1, 0.15) is 10.4 Å². The first-order valence-electron chi connectivity index (χ1n) is 5.55. The predicted octanol–water partition coefficient (Wildman–Crippen LogP) is 1.35. The Labute approximate surface area is 109 Å². The summed E-state index contributed by atoms with van der Waals surface area (Å²) < 4.78 is 4.76. The molecule has 19 heavy (non-hydrogen) atoms. The first kappa shape index (κ1) is 12.7. The third kappa shape index (κ3) is 3.35. The van der Waals surface area contributed by atoms with E-state index in [0.717, 1.165) is 0 Å². The van der Waals surface area contributed by atoms with E-state index in [2.05, 4.69) is 10.6 Å². The third-order valence-electron chi connectivity index (χ3n) is 2.37. The Balaban J connectivity index is 1.86. The number of amides is 2. The summed E-state index contributed by atoms with van der Waals surface area (Å²) >= 11 is 0. The molecule has 1 aromatic heterocycles. The van der Waals surface area contributed by atoms with Crippen molar-refractivity contribution in [1.29, 1.82) is 0 Å². The highest BCUT2D eigenvalue weighted by Gasteiger charge is 2.10. The van der Waals surface area contributed by atoms with Crippen LogP contribution < -0.4 is 10.6 Å². The van der Waals surface area contributed by atoms with E-state index < -0.39 is 11.8 Å². The Morgan fingerprint density at radius 2 is 2.00 bits per heavy atom. The van der Waals surface area contributed by atoms with Crippen LogP contribution in [0.5, 0.6) is 5.75 Å². The smallest absolute Gasteiger partial charge is 0.254 e. The minimum absolute atomic E-state index is 0.0305. The van der Waals surface area contributed by atoms with Gasteiger partial charge in [0.05, 0.1) is 24.1 Å². The summed E-state index contributed by atoms with van der Waals surface area (Å²) in [5, 5.41) is 14.4. The number of phenolic OH excluding ortho intramolecular Hbond substituents is 1. The molecule has 0 aliphatic heterocycles. The SMILES string of the molecule is O=C(CNC(=O)c1ccoc1)Nc1ccccc1O. The van der Waals surface area contributed by atoms with E-state index >= 15 is 0 Å². The van der Waals surface area contributed by atoms with Gasteiger partial charge >= 0.3 is 0 Å². The number of hydrogen-bond acceptors (Lipinski definition) is 4. The van der Waals surface area contributed by atoms with Crippen molar-refractivity contribution >= 4 is 17.5 Å². The maximum Gasteiger partial charge on any atom is 0.254 e. The van der Waals surface area contributed by atoms with Crippen LogP contribution in [-0.4, -0.2) is 23.5 Å². The molecule has 0 unspecified atom stereocenters. The summed E-state index contributed by atoms with van der Waals surface area (Å²) in [5.74, 6) is -0.864. The van der Waals surface area contributed by atoms with Crippen molar-refractivity contribution in [3.05, 3.63) is 48.4 Å². The van der Waals surface area contributed by atoms with Gasteiger partial charge in [-0.2, -0.15) is 0 Å². The number of nitrogens with one attached hydrogen (secondary N) is 2. The molecule has 2 rings (SSSR count). The lowest BCUT2D eigenvalue weighted by Gasteiger charge is -2.07. The average molecular weight is 260 g/mol. The molecule has 6 heteroatoms. The first-order chi connectivity index (χ1) is 9.16. The molecule has 3 N–H and O–H groups in total. The van der Waals surface area contributed by atoms with Crippen LogP contribution in [0.25, 0.3) is 0 Å². The third-order valence-corrected chi connectivity index (χ3v) is 2.37. The number of hydrogen-bond donors (Lipinski definition) is 3. The molecule has 0 spiro atoms. The lowest BCUT2D eigenvalue weighted by Crippen LogP contribution is -2.32. The van der Waals surface area contributed by atoms with Crippen molar-refractivity contribution in [2.75, 3.05) is 11.9 Å². The van der Waals surface area contributed by atoms with Crippen molar-refractivity contribution in [3.63, 3.8) is 0 Å². The van der Waals surface area contributed by atoms with Gasteiger partial charge in [0.2, 0.25) is 5.91 Å². The van der Waals surface area contributed by atoms with Crippen LogP contribution in [0, 0.1) is 0 Å². The Morgan fingerprint density at radius 3 is 2.68 bits per heavy atom. The topological polar surface area (TPSA) is 91.6 Å². The summed E-state index contributed by atoms with van der Waals surface area (Å²) in [6.07, 6.45) is 2.66. The number of aromatic hydroxyl groups is 1. The summed E-state index contributed by atoms with van der Waals surface area (Å²) in [4.78, 5) is 23.1. The zero-order chi connectivity index (χ0) is 13.7. The van der Waals surface area contributed by atoms with E-state index in [0.29, 0.717) is 11.3 Å². The van der Waals surface area contributed by atoms with Crippen molar-refractivity contribution in [2.24, 2.45) is 0 Å². The number of para-hydroxylation sites is 2. The highest BCUT2D eigenvalue weighted by Crippen LogP contribution is 2.20. The predicted molar refractivity (Wildman–Crippen MR) is 67.8 cm³/mol. The summed E-state index contributed by atoms with van der Waals surface area (Å²) in [5.41, 5.74) is 0.639. The summed E-state index contributed by atoms with van der Waals surface area (Å²) in [6, 6.07) is 7.84. The van der Waals surface area contributed by atoms with Gasteiger partial charge in [0.25, 0.3) is 5.91 Å². The highest BCUT2D eigenvalue weighted by atomic mass is 16.3. The first-order valence-corrected chi connectivity index (χ1v) is 5.55. The van der Waals surface area contributed by atoms with Gasteiger partial charge in [0, 0.05) is 0 Å². The lowest BCUT2D eigenvalue weighted by atomic mass is 10.3. The number of furan rings is 1. The molecule has 6 nitrogen and oxygen atoms in total. The van der Waals surface area contributed by atoms with Gasteiger partial charge < -0.3 is 20.2 Å². The van der Waals surface area contributed by atoms with Gasteiger partial charge in [-0.05, 0) is 18.2 Å². The fourth-order valence-corrected chi connectivity index (χ4v) is 1.43. The van der Waals surface area contributed by atoms with Gasteiger partial charge in [-0.15, -0.1) is 0 Å². The Hall–Kier alpha value is -2.76. The molecule has 1 heterocycles. The number of carbonyl (C=O) groups excluding carboxylic acids is 2. The molecule has 0 aliphatic carbocycles. The highest BCUT2D eigenvalue weighted by molar-refractivity contribution is 5.99. The maximum atomic E-state index is 11.6. The van der Waals surface area contributed by atoms with Gasteiger partial charge in [0.15, 0.2) is 0 Å². The number of anilines is 1. The summed E-state index contributed by atoms with van der Waals surface area (Å²) in [7, 11) is 0. The van der Waals surface area contributed by atoms with E-state index in [9.17, 15) is 14.7 Å². The van der Waals surface area contributed by atoms with Crippen molar-refractivity contribution in [1.82, 2.24) is 5.32 Å². The van der Waals surface area contributed by atoms with Crippen LogP contribution in [0.4, 0.5) is 5.69 Å². The molecule has 1 aromatic carbocycles. The van der Waals surface area contributed by atoms with E-state index in [1.165, 1.54) is 24.7 Å². The molecule has 98 valence electrons. The minimum Gasteiger partial charge on any atom is -0.506 e.